The quantitative estimate of drug-likeness (QED) is 0.460. The number of hydrogen-bond donors (Lipinski definition) is 0. The Kier molecular flexibility index (Phi) is 6.03. The fourth-order valence-corrected chi connectivity index (χ4v) is 4.67. The van der Waals surface area contributed by atoms with Crippen LogP contribution >= 0.6 is 0 Å². The van der Waals surface area contributed by atoms with E-state index in [1.54, 1.807) is 16.8 Å². The minimum atomic E-state index is -0.0795. The van der Waals surface area contributed by atoms with Crippen molar-refractivity contribution in [1.29, 1.82) is 0 Å². The molecule has 1 aromatic heterocycles. The highest BCUT2D eigenvalue weighted by atomic mass is 16.2. The van der Waals surface area contributed by atoms with Crippen LogP contribution in [-0.4, -0.2) is 33.7 Å². The van der Waals surface area contributed by atoms with Crippen LogP contribution in [0.4, 0.5) is 0 Å². The maximum Gasteiger partial charge on any atom is 0.266 e. The Morgan fingerprint density at radius 3 is 2.39 bits per heavy atom. The predicted molar refractivity (Wildman–Crippen MR) is 131 cm³/mol. The molecule has 0 unspecified atom stereocenters. The van der Waals surface area contributed by atoms with Crippen molar-refractivity contribution in [3.63, 3.8) is 0 Å². The summed E-state index contributed by atoms with van der Waals surface area (Å²) < 4.78 is 1.58. The minimum Gasteiger partial charge on any atom is -0.342 e. The van der Waals surface area contributed by atoms with Gasteiger partial charge in [-0.15, -0.1) is 0 Å². The summed E-state index contributed by atoms with van der Waals surface area (Å²) in [6, 6.07) is 27.6. The van der Waals surface area contributed by atoms with Crippen LogP contribution in [0.2, 0.25) is 0 Å². The van der Waals surface area contributed by atoms with Gasteiger partial charge in [-0.05, 0) is 41.2 Å². The molecule has 0 aliphatic carbocycles. The van der Waals surface area contributed by atoms with Gasteiger partial charge in [0.25, 0.3) is 5.56 Å². The number of likely N-dealkylation sites (tertiary alicyclic amines) is 1. The second-order valence-corrected chi connectivity index (χ2v) is 8.74. The molecule has 4 aromatic rings. The maximum atomic E-state index is 13.0. The number of piperidine rings is 1. The molecule has 2 heterocycles. The molecule has 166 valence electrons. The van der Waals surface area contributed by atoms with E-state index in [-0.39, 0.29) is 11.5 Å². The Bertz CT molecular complexity index is 1320. The summed E-state index contributed by atoms with van der Waals surface area (Å²) in [5, 5.41) is 6.91. The van der Waals surface area contributed by atoms with Crippen LogP contribution in [0.25, 0.3) is 22.0 Å². The summed E-state index contributed by atoms with van der Waals surface area (Å²) in [7, 11) is 0. The highest BCUT2D eigenvalue weighted by molar-refractivity contribution is 5.90. The third-order valence-electron chi connectivity index (χ3n) is 6.56. The van der Waals surface area contributed by atoms with E-state index in [2.05, 4.69) is 23.3 Å². The summed E-state index contributed by atoms with van der Waals surface area (Å²) in [5.41, 5.74) is 2.80. The normalized spacial score (nSPS) is 14.5. The number of benzene rings is 3. The molecule has 0 bridgehead atoms. The summed E-state index contributed by atoms with van der Waals surface area (Å²) in [4.78, 5) is 27.4. The number of fused-ring (bicyclic) bond motifs is 1. The lowest BCUT2D eigenvalue weighted by molar-refractivity contribution is -0.131. The Morgan fingerprint density at radius 2 is 1.58 bits per heavy atom. The third-order valence-corrected chi connectivity index (χ3v) is 6.56. The van der Waals surface area contributed by atoms with Crippen molar-refractivity contribution in [3.8, 4) is 11.3 Å². The maximum absolute atomic E-state index is 13.0. The molecule has 1 aliphatic rings. The van der Waals surface area contributed by atoms with E-state index in [9.17, 15) is 9.59 Å². The molecule has 5 rings (SSSR count). The first-order chi connectivity index (χ1) is 16.2. The summed E-state index contributed by atoms with van der Waals surface area (Å²) in [6.07, 6.45) is 2.18. The van der Waals surface area contributed by atoms with Crippen molar-refractivity contribution in [2.45, 2.75) is 25.8 Å². The Morgan fingerprint density at radius 1 is 0.848 bits per heavy atom. The van der Waals surface area contributed by atoms with E-state index in [1.165, 1.54) is 0 Å². The number of rotatable bonds is 5. The van der Waals surface area contributed by atoms with Gasteiger partial charge < -0.3 is 4.90 Å². The van der Waals surface area contributed by atoms with Crippen LogP contribution < -0.4 is 5.56 Å². The predicted octanol–water partition coefficient (Wildman–Crippen LogP) is 4.54. The molecular formula is C28H27N3O2. The molecule has 1 aliphatic heterocycles. The van der Waals surface area contributed by atoms with Gasteiger partial charge >= 0.3 is 0 Å². The molecule has 33 heavy (non-hydrogen) atoms. The molecule has 1 amide bonds. The van der Waals surface area contributed by atoms with Crippen molar-refractivity contribution in [2.24, 2.45) is 5.92 Å². The average Bonchev–Trinajstić information content (AvgIpc) is 2.86. The van der Waals surface area contributed by atoms with Gasteiger partial charge in [0.15, 0.2) is 0 Å². The smallest absolute Gasteiger partial charge is 0.266 e. The van der Waals surface area contributed by atoms with Gasteiger partial charge in [0.1, 0.15) is 0 Å². The number of carbonyl (C=O) groups is 1. The third kappa shape index (κ3) is 4.72. The van der Waals surface area contributed by atoms with E-state index in [0.717, 1.165) is 53.5 Å². The van der Waals surface area contributed by atoms with Crippen LogP contribution in [0.15, 0.2) is 89.7 Å². The van der Waals surface area contributed by atoms with Crippen LogP contribution in [0, 0.1) is 5.92 Å². The lowest BCUT2D eigenvalue weighted by atomic mass is 9.95. The first-order valence-corrected chi connectivity index (χ1v) is 11.6. The van der Waals surface area contributed by atoms with E-state index < -0.39 is 0 Å². The Hall–Kier alpha value is -3.73. The van der Waals surface area contributed by atoms with E-state index in [4.69, 9.17) is 0 Å². The molecule has 0 atom stereocenters. The van der Waals surface area contributed by atoms with Gasteiger partial charge in [-0.3, -0.25) is 9.59 Å². The SMILES string of the molecule is O=C(Cc1cccc2ccccc12)N1CCC(Cn2nc(-c3ccccc3)ccc2=O)CC1. The molecule has 0 spiro atoms. The molecular weight excluding hydrogens is 410 g/mol. The molecule has 0 N–H and O–H groups in total. The molecule has 1 saturated heterocycles. The van der Waals surface area contributed by atoms with Crippen molar-refractivity contribution >= 4 is 16.7 Å². The van der Waals surface area contributed by atoms with Gasteiger partial charge in [-0.25, -0.2) is 4.68 Å². The Labute approximate surface area is 193 Å². The van der Waals surface area contributed by atoms with E-state index in [0.29, 0.717) is 18.9 Å². The minimum absolute atomic E-state index is 0.0795. The molecule has 5 heteroatoms. The zero-order chi connectivity index (χ0) is 22.6. The first-order valence-electron chi connectivity index (χ1n) is 11.6. The van der Waals surface area contributed by atoms with Gasteiger partial charge in [0.05, 0.1) is 12.1 Å². The fourth-order valence-electron chi connectivity index (χ4n) is 4.67. The number of nitrogens with zero attached hydrogens (tertiary/aromatic N) is 3. The molecule has 0 saturated carbocycles. The topological polar surface area (TPSA) is 55.2 Å². The summed E-state index contributed by atoms with van der Waals surface area (Å²) >= 11 is 0. The van der Waals surface area contributed by atoms with Crippen molar-refractivity contribution < 1.29 is 4.79 Å². The zero-order valence-electron chi connectivity index (χ0n) is 18.6. The number of aromatic nitrogens is 2. The summed E-state index contributed by atoms with van der Waals surface area (Å²) in [5.74, 6) is 0.508. The lowest BCUT2D eigenvalue weighted by Gasteiger charge is -2.32. The second-order valence-electron chi connectivity index (χ2n) is 8.74. The van der Waals surface area contributed by atoms with Gasteiger partial charge in [-0.1, -0.05) is 72.8 Å². The van der Waals surface area contributed by atoms with Crippen LogP contribution in [0.5, 0.6) is 0 Å². The van der Waals surface area contributed by atoms with E-state index in [1.807, 2.05) is 59.5 Å². The largest absolute Gasteiger partial charge is 0.342 e. The number of carbonyl (C=O) groups excluding carboxylic acids is 1. The molecule has 5 nitrogen and oxygen atoms in total. The molecule has 1 fully saturated rings. The zero-order valence-corrected chi connectivity index (χ0v) is 18.6. The first kappa shape index (κ1) is 21.1. The van der Waals surface area contributed by atoms with Gasteiger partial charge in [-0.2, -0.15) is 5.10 Å². The monoisotopic (exact) mass is 437 g/mol. The van der Waals surface area contributed by atoms with Crippen molar-refractivity contribution in [3.05, 3.63) is 101 Å². The van der Waals surface area contributed by atoms with Crippen LogP contribution in [0.1, 0.15) is 18.4 Å². The fraction of sp³-hybridized carbons (Fsp3) is 0.250. The lowest BCUT2D eigenvalue weighted by Crippen LogP contribution is -2.41. The van der Waals surface area contributed by atoms with Crippen LogP contribution in [-0.2, 0) is 17.8 Å². The second kappa shape index (κ2) is 9.41. The molecule has 0 radical (unpaired) electrons. The molecule has 3 aromatic carbocycles. The highest BCUT2D eigenvalue weighted by Gasteiger charge is 2.24. The number of amides is 1. The van der Waals surface area contributed by atoms with Gasteiger partial charge in [0.2, 0.25) is 5.91 Å². The van der Waals surface area contributed by atoms with Crippen LogP contribution in [0.3, 0.4) is 0 Å². The van der Waals surface area contributed by atoms with Gasteiger partial charge in [0, 0.05) is 31.3 Å². The average molecular weight is 438 g/mol. The Balaban J connectivity index is 1.22. The van der Waals surface area contributed by atoms with E-state index >= 15 is 0 Å². The van der Waals surface area contributed by atoms with Crippen molar-refractivity contribution in [2.75, 3.05) is 13.1 Å². The number of hydrogen-bond acceptors (Lipinski definition) is 3. The summed E-state index contributed by atoms with van der Waals surface area (Å²) in [6.45, 7) is 2.04. The highest BCUT2D eigenvalue weighted by Crippen LogP contribution is 2.23. The standard InChI is InChI=1S/C28H27N3O2/c32-27-14-13-26(23-8-2-1-3-9-23)29-31(27)20-21-15-17-30(18-16-21)28(33)19-24-11-6-10-22-7-4-5-12-25(22)24/h1-14,21H,15-20H2. The van der Waals surface area contributed by atoms with Crippen molar-refractivity contribution in [1.82, 2.24) is 14.7 Å².